The number of benzene rings is 2. The first-order valence-electron chi connectivity index (χ1n) is 8.23. The first-order valence-corrected chi connectivity index (χ1v) is 8.23. The number of carbonyl (C=O) groups is 3. The minimum Gasteiger partial charge on any atom is -0.507 e. The van der Waals surface area contributed by atoms with Crippen molar-refractivity contribution in [2.75, 3.05) is 0 Å². The lowest BCUT2D eigenvalue weighted by Crippen LogP contribution is -2.27. The lowest BCUT2D eigenvalue weighted by molar-refractivity contribution is -0.147. The molecular formula is C20H16O5. The van der Waals surface area contributed by atoms with Crippen LogP contribution >= 0.6 is 0 Å². The number of carbonyl (C=O) groups excluding carboxylic acids is 3. The van der Waals surface area contributed by atoms with E-state index in [0.29, 0.717) is 17.5 Å². The molecule has 0 saturated heterocycles. The van der Waals surface area contributed by atoms with Crippen LogP contribution in [0.15, 0.2) is 30.3 Å². The number of hydrogen-bond acceptors (Lipinski definition) is 5. The van der Waals surface area contributed by atoms with Gasteiger partial charge in [0.1, 0.15) is 11.9 Å². The average molecular weight is 336 g/mol. The molecule has 0 aromatic heterocycles. The summed E-state index contributed by atoms with van der Waals surface area (Å²) >= 11 is 0. The summed E-state index contributed by atoms with van der Waals surface area (Å²) in [4.78, 5) is 37.4. The van der Waals surface area contributed by atoms with Crippen LogP contribution in [0.3, 0.4) is 0 Å². The Bertz CT molecular complexity index is 941. The number of ketones is 2. The van der Waals surface area contributed by atoms with Crippen molar-refractivity contribution in [2.45, 2.75) is 32.3 Å². The Hall–Kier alpha value is -2.95. The van der Waals surface area contributed by atoms with E-state index < -0.39 is 12.1 Å². The molecule has 0 radical (unpaired) electrons. The van der Waals surface area contributed by atoms with Crippen LogP contribution in [-0.2, 0) is 16.0 Å². The maximum atomic E-state index is 13.1. The van der Waals surface area contributed by atoms with E-state index in [1.807, 2.05) is 6.07 Å². The highest BCUT2D eigenvalue weighted by Crippen LogP contribution is 2.41. The van der Waals surface area contributed by atoms with E-state index in [4.69, 9.17) is 4.74 Å². The second kappa shape index (κ2) is 5.55. The predicted octanol–water partition coefficient (Wildman–Crippen LogP) is 3.11. The first kappa shape index (κ1) is 15.6. The van der Waals surface area contributed by atoms with Gasteiger partial charge in [0, 0.05) is 29.2 Å². The van der Waals surface area contributed by atoms with E-state index in [1.54, 1.807) is 18.2 Å². The van der Waals surface area contributed by atoms with Crippen LogP contribution in [0, 0.1) is 0 Å². The van der Waals surface area contributed by atoms with Gasteiger partial charge in [0.25, 0.3) is 0 Å². The van der Waals surface area contributed by atoms with Crippen molar-refractivity contribution in [2.24, 2.45) is 0 Å². The van der Waals surface area contributed by atoms with E-state index in [2.05, 4.69) is 0 Å². The molecule has 0 aliphatic heterocycles. The number of phenols is 1. The third kappa shape index (κ3) is 2.27. The number of ether oxygens (including phenoxy) is 1. The summed E-state index contributed by atoms with van der Waals surface area (Å²) in [5.41, 5.74) is 2.38. The van der Waals surface area contributed by atoms with Gasteiger partial charge in [0.15, 0.2) is 11.6 Å². The minimum atomic E-state index is -0.521. The number of phenolic OH excluding ortho intramolecular Hbond substituents is 1. The molecule has 2 aliphatic carbocycles. The molecule has 126 valence electrons. The predicted molar refractivity (Wildman–Crippen MR) is 88.9 cm³/mol. The van der Waals surface area contributed by atoms with Gasteiger partial charge < -0.3 is 9.84 Å². The fourth-order valence-corrected chi connectivity index (χ4v) is 3.86. The third-order valence-corrected chi connectivity index (χ3v) is 4.86. The summed E-state index contributed by atoms with van der Waals surface area (Å²) in [5, 5.41) is 10.0. The van der Waals surface area contributed by atoms with E-state index >= 15 is 0 Å². The van der Waals surface area contributed by atoms with E-state index in [1.165, 1.54) is 13.0 Å². The van der Waals surface area contributed by atoms with Gasteiger partial charge in [0.05, 0.1) is 5.56 Å². The van der Waals surface area contributed by atoms with E-state index in [-0.39, 0.29) is 34.0 Å². The lowest BCUT2D eigenvalue weighted by atomic mass is 9.76. The Morgan fingerprint density at radius 1 is 1.08 bits per heavy atom. The summed E-state index contributed by atoms with van der Waals surface area (Å²) in [6.07, 6.45) is 1.72. The summed E-state index contributed by atoms with van der Waals surface area (Å²) < 4.78 is 5.43. The van der Waals surface area contributed by atoms with Crippen LogP contribution in [0.2, 0.25) is 0 Å². The second-order valence-corrected chi connectivity index (χ2v) is 6.41. The number of aryl methyl sites for hydroxylation is 1. The molecule has 4 rings (SSSR count). The number of rotatable bonds is 1. The van der Waals surface area contributed by atoms with Gasteiger partial charge >= 0.3 is 5.97 Å². The summed E-state index contributed by atoms with van der Waals surface area (Å²) in [7, 11) is 0. The summed E-state index contributed by atoms with van der Waals surface area (Å²) in [6.45, 7) is 1.34. The highest BCUT2D eigenvalue weighted by atomic mass is 16.5. The number of fused-ring (bicyclic) bond motifs is 4. The van der Waals surface area contributed by atoms with Gasteiger partial charge in [-0.15, -0.1) is 0 Å². The Morgan fingerprint density at radius 3 is 2.56 bits per heavy atom. The summed E-state index contributed by atoms with van der Waals surface area (Å²) in [5.74, 6) is -1.30. The van der Waals surface area contributed by atoms with Gasteiger partial charge in [-0.1, -0.05) is 18.2 Å². The molecular weight excluding hydrogens is 320 g/mol. The zero-order valence-corrected chi connectivity index (χ0v) is 13.7. The molecule has 0 amide bonds. The fourth-order valence-electron chi connectivity index (χ4n) is 3.86. The van der Waals surface area contributed by atoms with E-state index in [9.17, 15) is 19.5 Å². The van der Waals surface area contributed by atoms with Crippen LogP contribution in [0.4, 0.5) is 0 Å². The van der Waals surface area contributed by atoms with Crippen LogP contribution in [-0.4, -0.2) is 22.6 Å². The second-order valence-electron chi connectivity index (χ2n) is 6.41. The van der Waals surface area contributed by atoms with Crippen LogP contribution in [0.1, 0.15) is 68.8 Å². The molecule has 0 spiro atoms. The number of esters is 1. The maximum Gasteiger partial charge on any atom is 0.303 e. The van der Waals surface area contributed by atoms with Crippen molar-refractivity contribution in [1.82, 2.24) is 0 Å². The monoisotopic (exact) mass is 336 g/mol. The van der Waals surface area contributed by atoms with Gasteiger partial charge in [-0.3, -0.25) is 14.4 Å². The zero-order chi connectivity index (χ0) is 17.7. The van der Waals surface area contributed by atoms with E-state index in [0.717, 1.165) is 18.4 Å². The molecule has 5 heteroatoms. The van der Waals surface area contributed by atoms with Crippen molar-refractivity contribution in [3.63, 3.8) is 0 Å². The van der Waals surface area contributed by atoms with Crippen LogP contribution in [0.25, 0.3) is 0 Å². The molecule has 2 aromatic carbocycles. The topological polar surface area (TPSA) is 80.7 Å². The molecule has 5 nitrogen and oxygen atoms in total. The molecule has 0 fully saturated rings. The molecule has 0 saturated carbocycles. The van der Waals surface area contributed by atoms with Gasteiger partial charge in [-0.25, -0.2) is 0 Å². The number of hydrogen-bond donors (Lipinski definition) is 1. The molecule has 1 N–H and O–H groups in total. The van der Waals surface area contributed by atoms with Crippen LogP contribution in [0.5, 0.6) is 5.75 Å². The fraction of sp³-hybridized carbons (Fsp3) is 0.250. The normalized spacial score (nSPS) is 18.2. The Morgan fingerprint density at radius 2 is 1.80 bits per heavy atom. The average Bonchev–Trinajstić information content (AvgIpc) is 2.58. The van der Waals surface area contributed by atoms with Crippen LogP contribution < -0.4 is 0 Å². The molecule has 0 bridgehead atoms. The Kier molecular flexibility index (Phi) is 3.46. The molecule has 1 atom stereocenters. The van der Waals surface area contributed by atoms with Gasteiger partial charge in [0.2, 0.25) is 0 Å². The highest BCUT2D eigenvalue weighted by Gasteiger charge is 2.37. The Balaban J connectivity index is 1.97. The smallest absolute Gasteiger partial charge is 0.303 e. The minimum absolute atomic E-state index is 0.0415. The summed E-state index contributed by atoms with van der Waals surface area (Å²) in [6, 6.07) is 7.94. The molecule has 2 aliphatic rings. The molecule has 0 heterocycles. The first-order chi connectivity index (χ1) is 12.0. The van der Waals surface area contributed by atoms with Crippen molar-refractivity contribution < 1.29 is 24.2 Å². The molecule has 1 unspecified atom stereocenters. The zero-order valence-electron chi connectivity index (χ0n) is 13.7. The van der Waals surface area contributed by atoms with Crippen molar-refractivity contribution in [3.8, 4) is 5.75 Å². The lowest BCUT2D eigenvalue weighted by Gasteiger charge is -2.30. The highest BCUT2D eigenvalue weighted by molar-refractivity contribution is 6.29. The van der Waals surface area contributed by atoms with Gasteiger partial charge in [-0.2, -0.15) is 0 Å². The van der Waals surface area contributed by atoms with Crippen molar-refractivity contribution in [1.29, 1.82) is 0 Å². The van der Waals surface area contributed by atoms with Crippen molar-refractivity contribution >= 4 is 17.5 Å². The Labute approximate surface area is 144 Å². The number of aromatic hydroxyl groups is 1. The molecule has 25 heavy (non-hydrogen) atoms. The maximum absolute atomic E-state index is 13.1. The van der Waals surface area contributed by atoms with Gasteiger partial charge in [-0.05, 0) is 37.0 Å². The molecule has 2 aromatic rings. The van der Waals surface area contributed by atoms with Crippen molar-refractivity contribution in [3.05, 3.63) is 63.7 Å². The standard InChI is InChI=1S/C20H16O5/c1-10(21)25-15-7-2-4-11-8-9-13-18(16(11)15)20(24)12-5-3-6-14(22)17(12)19(13)23/h3,5-6,8-9,15,22H,2,4,7H2,1H3. The largest absolute Gasteiger partial charge is 0.507 e. The third-order valence-electron chi connectivity index (χ3n) is 4.86. The SMILES string of the molecule is CC(=O)OC1CCCc2ccc3c(c21)C(=O)c1cccc(O)c1C3=O. The quantitative estimate of drug-likeness (QED) is 0.691.